The number of benzene rings is 8. The molecule has 0 saturated heterocycles. The molecule has 13 aromatic rings. The third-order valence-electron chi connectivity index (χ3n) is 11.9. The van der Waals surface area contributed by atoms with Gasteiger partial charge in [-0.25, -0.2) is 19.9 Å². The predicted octanol–water partition coefficient (Wildman–Crippen LogP) is 14.0. The molecule has 0 aliphatic heterocycles. The lowest BCUT2D eigenvalue weighted by molar-refractivity contribution is 0.654. The van der Waals surface area contributed by atoms with E-state index < -0.39 is 0 Å². The van der Waals surface area contributed by atoms with Gasteiger partial charge in [-0.2, -0.15) is 0 Å². The molecule has 0 atom stereocenters. The van der Waals surface area contributed by atoms with E-state index in [0.29, 0.717) is 23.2 Å². The van der Waals surface area contributed by atoms with E-state index in [-0.39, 0.29) is 0 Å². The average molecular weight is 782 g/mol. The minimum atomic E-state index is 0.546. The topological polar surface area (TPSA) is 82.8 Å². The van der Waals surface area contributed by atoms with Crippen LogP contribution in [0.1, 0.15) is 0 Å². The maximum Gasteiger partial charge on any atom is 0.227 e. The number of hydrogen-bond donors (Lipinski definition) is 0. The molecule has 0 radical (unpaired) electrons. The Morgan fingerprint density at radius 2 is 1.03 bits per heavy atom. The van der Waals surface area contributed by atoms with Crippen LogP contribution in [0.5, 0.6) is 0 Å². The molecule has 0 amide bonds. The number of pyridine rings is 1. The minimum Gasteiger partial charge on any atom is -0.456 e. The van der Waals surface area contributed by atoms with Crippen molar-refractivity contribution in [2.24, 2.45) is 0 Å². The van der Waals surface area contributed by atoms with Crippen LogP contribution in [0.3, 0.4) is 0 Å². The third-order valence-corrected chi connectivity index (χ3v) is 11.9. The van der Waals surface area contributed by atoms with Crippen LogP contribution in [0.4, 0.5) is 0 Å². The van der Waals surface area contributed by atoms with Gasteiger partial charge < -0.3 is 13.4 Å². The van der Waals surface area contributed by atoms with Gasteiger partial charge in [-0.1, -0.05) is 109 Å². The summed E-state index contributed by atoms with van der Waals surface area (Å²) in [7, 11) is 0. The highest BCUT2D eigenvalue weighted by molar-refractivity contribution is 6.17. The van der Waals surface area contributed by atoms with E-state index in [1.54, 1.807) is 6.20 Å². The summed E-state index contributed by atoms with van der Waals surface area (Å²) >= 11 is 0. The van der Waals surface area contributed by atoms with Gasteiger partial charge >= 0.3 is 0 Å². The first-order valence-corrected chi connectivity index (χ1v) is 20.3. The molecule has 284 valence electrons. The summed E-state index contributed by atoms with van der Waals surface area (Å²) in [6.07, 6.45) is 1.74. The molecule has 0 unspecified atom stereocenters. The van der Waals surface area contributed by atoms with E-state index in [2.05, 4.69) is 143 Å². The summed E-state index contributed by atoms with van der Waals surface area (Å²) in [6, 6.07) is 63.1. The number of rotatable bonds is 5. The number of hydrogen-bond acceptors (Lipinski definition) is 6. The lowest BCUT2D eigenvalue weighted by Gasteiger charge is -2.15. The number of fused-ring (bicyclic) bond motifs is 10. The first-order valence-electron chi connectivity index (χ1n) is 20.3. The molecule has 0 N–H and O–H groups in total. The van der Waals surface area contributed by atoms with Crippen LogP contribution in [-0.2, 0) is 0 Å². The largest absolute Gasteiger partial charge is 0.456 e. The maximum atomic E-state index is 6.33. The van der Waals surface area contributed by atoms with Crippen LogP contribution < -0.4 is 0 Å². The van der Waals surface area contributed by atoms with Crippen molar-refractivity contribution >= 4 is 76.6 Å². The summed E-state index contributed by atoms with van der Waals surface area (Å²) in [5.41, 5.74) is 11.3. The van der Waals surface area contributed by atoms with Crippen LogP contribution in [-0.4, -0.2) is 24.5 Å². The summed E-state index contributed by atoms with van der Waals surface area (Å²) < 4.78 is 14.8. The Morgan fingerprint density at radius 1 is 0.361 bits per heavy atom. The van der Waals surface area contributed by atoms with Crippen LogP contribution in [0.25, 0.3) is 128 Å². The van der Waals surface area contributed by atoms with E-state index in [1.165, 1.54) is 21.9 Å². The SMILES string of the molecule is c1ccc(-c2cccc3c2c2ccccc2n3-c2ccc(-c3nc(-c4ccc5c(c4)oc4ccccc45)nc(-c4ccc5oc6ncccc6c5c4)n3)c3ccccc23)cc1. The van der Waals surface area contributed by atoms with Gasteiger partial charge in [-0.3, -0.25) is 0 Å². The van der Waals surface area contributed by atoms with Crippen molar-refractivity contribution in [3.63, 3.8) is 0 Å². The second-order valence-electron chi connectivity index (χ2n) is 15.4. The molecule has 7 nitrogen and oxygen atoms in total. The van der Waals surface area contributed by atoms with Crippen molar-refractivity contribution in [2.75, 3.05) is 0 Å². The molecule has 0 fully saturated rings. The zero-order valence-corrected chi connectivity index (χ0v) is 32.5. The van der Waals surface area contributed by atoms with Gasteiger partial charge in [0.15, 0.2) is 17.5 Å². The summed E-state index contributed by atoms with van der Waals surface area (Å²) in [6.45, 7) is 0. The van der Waals surface area contributed by atoms with Crippen LogP contribution in [0, 0.1) is 0 Å². The fourth-order valence-corrected chi connectivity index (χ4v) is 9.18. The average Bonchev–Trinajstić information content (AvgIpc) is 4.00. The summed E-state index contributed by atoms with van der Waals surface area (Å²) in [4.78, 5) is 20.1. The molecule has 13 rings (SSSR count). The normalized spacial score (nSPS) is 11.9. The van der Waals surface area contributed by atoms with Gasteiger partial charge in [-0.15, -0.1) is 0 Å². The first-order chi connectivity index (χ1) is 30.2. The molecule has 0 saturated carbocycles. The molecule has 8 aromatic carbocycles. The van der Waals surface area contributed by atoms with E-state index in [1.807, 2.05) is 48.5 Å². The number of aromatic nitrogens is 5. The van der Waals surface area contributed by atoms with Crippen molar-refractivity contribution in [3.05, 3.63) is 188 Å². The molecule has 7 heteroatoms. The highest BCUT2D eigenvalue weighted by atomic mass is 16.3. The highest BCUT2D eigenvalue weighted by Crippen LogP contribution is 2.42. The molecular formula is C54H31N5O2. The van der Waals surface area contributed by atoms with Crippen molar-refractivity contribution < 1.29 is 8.83 Å². The van der Waals surface area contributed by atoms with Crippen molar-refractivity contribution in [1.29, 1.82) is 0 Å². The molecule has 61 heavy (non-hydrogen) atoms. The van der Waals surface area contributed by atoms with Gasteiger partial charge in [0.25, 0.3) is 0 Å². The van der Waals surface area contributed by atoms with Gasteiger partial charge in [-0.05, 0) is 89.3 Å². The Hall–Kier alpha value is -8.42. The van der Waals surface area contributed by atoms with Crippen LogP contribution >= 0.6 is 0 Å². The van der Waals surface area contributed by atoms with E-state index >= 15 is 0 Å². The van der Waals surface area contributed by atoms with Gasteiger partial charge in [0.1, 0.15) is 16.7 Å². The quantitative estimate of drug-likeness (QED) is 0.173. The fourth-order valence-electron chi connectivity index (χ4n) is 9.18. The molecule has 0 aliphatic carbocycles. The number of nitrogens with zero attached hydrogens (tertiary/aromatic N) is 5. The Kier molecular flexibility index (Phi) is 7.17. The second-order valence-corrected chi connectivity index (χ2v) is 15.4. The monoisotopic (exact) mass is 781 g/mol. The van der Waals surface area contributed by atoms with E-state index in [0.717, 1.165) is 82.5 Å². The summed E-state index contributed by atoms with van der Waals surface area (Å²) in [5.74, 6) is 1.67. The molecule has 5 aromatic heterocycles. The standard InChI is InChI=1S/C54H31N5O2/c1-2-12-32(13-3-1)35-18-10-21-46-50(35)42-17-6-8-20-44(42)59(46)45-27-26-40(36-14-4-5-15-37(36)45)53-57-51(33-24-28-48-43(30-33)41-19-11-29-55-54(41)61-48)56-52(58-53)34-23-25-39-38-16-7-9-22-47(38)60-49(39)31-34/h1-31H. The lowest BCUT2D eigenvalue weighted by Crippen LogP contribution is -2.02. The van der Waals surface area contributed by atoms with Crippen LogP contribution in [0.15, 0.2) is 197 Å². The third kappa shape index (κ3) is 5.17. The zero-order valence-electron chi connectivity index (χ0n) is 32.5. The Labute approximate surface area is 347 Å². The smallest absolute Gasteiger partial charge is 0.227 e. The second kappa shape index (κ2) is 13.0. The zero-order chi connectivity index (χ0) is 40.0. The molecule has 0 spiro atoms. The maximum absolute atomic E-state index is 6.33. The Morgan fingerprint density at radius 3 is 1.92 bits per heavy atom. The minimum absolute atomic E-state index is 0.546. The molecular weight excluding hydrogens is 751 g/mol. The Balaban J connectivity index is 1.04. The fraction of sp³-hybridized carbons (Fsp3) is 0. The van der Waals surface area contributed by atoms with E-state index in [4.69, 9.17) is 23.8 Å². The molecule has 5 heterocycles. The first kappa shape index (κ1) is 33.5. The van der Waals surface area contributed by atoms with Crippen molar-refractivity contribution in [3.8, 4) is 51.0 Å². The Bertz CT molecular complexity index is 3900. The lowest BCUT2D eigenvalue weighted by atomic mass is 9.99. The van der Waals surface area contributed by atoms with Gasteiger partial charge in [0.05, 0.1) is 16.7 Å². The van der Waals surface area contributed by atoms with Crippen molar-refractivity contribution in [1.82, 2.24) is 24.5 Å². The van der Waals surface area contributed by atoms with E-state index in [9.17, 15) is 0 Å². The number of para-hydroxylation sites is 2. The van der Waals surface area contributed by atoms with Crippen LogP contribution in [0.2, 0.25) is 0 Å². The summed E-state index contributed by atoms with van der Waals surface area (Å²) in [5, 5.41) is 8.54. The van der Waals surface area contributed by atoms with Crippen molar-refractivity contribution in [2.45, 2.75) is 0 Å². The highest BCUT2D eigenvalue weighted by Gasteiger charge is 2.21. The van der Waals surface area contributed by atoms with Gasteiger partial charge in [0.2, 0.25) is 5.71 Å². The number of furan rings is 2. The predicted molar refractivity (Wildman–Crippen MR) is 246 cm³/mol. The molecule has 0 bridgehead atoms. The molecule has 0 aliphatic rings. The van der Waals surface area contributed by atoms with Gasteiger partial charge in [0, 0.05) is 60.6 Å².